The van der Waals surface area contributed by atoms with Crippen LogP contribution in [0.3, 0.4) is 0 Å². The summed E-state index contributed by atoms with van der Waals surface area (Å²) in [6.45, 7) is 2.57. The van der Waals surface area contributed by atoms with Crippen LogP contribution >= 0.6 is 0 Å². The van der Waals surface area contributed by atoms with Gasteiger partial charge in [0.2, 0.25) is 0 Å². The number of esters is 1. The predicted molar refractivity (Wildman–Crippen MR) is 80.9 cm³/mol. The zero-order valence-electron chi connectivity index (χ0n) is 13.2. The first-order chi connectivity index (χ1) is 10.7. The van der Waals surface area contributed by atoms with Gasteiger partial charge in [0.05, 0.1) is 27.4 Å². The molecule has 0 saturated carbocycles. The normalized spacial score (nSPS) is 9.95. The van der Waals surface area contributed by atoms with Gasteiger partial charge in [-0.05, 0) is 31.9 Å². The molecule has 0 atom stereocenters. The lowest BCUT2D eigenvalue weighted by Crippen LogP contribution is -2.06. The molecule has 0 N–H and O–H groups in total. The largest absolute Gasteiger partial charge is 0.493 e. The summed E-state index contributed by atoms with van der Waals surface area (Å²) in [5.74, 6) is 1.05. The molecule has 6 heteroatoms. The van der Waals surface area contributed by atoms with E-state index in [1.54, 1.807) is 19.1 Å². The Morgan fingerprint density at radius 2 is 1.86 bits per heavy atom. The molecule has 1 rings (SSSR count). The molecule has 6 nitrogen and oxygen atoms in total. The fraction of sp³-hybridized carbons (Fsp3) is 0.500. The van der Waals surface area contributed by atoms with Crippen molar-refractivity contribution in [1.82, 2.24) is 0 Å². The smallest absolute Gasteiger partial charge is 0.305 e. The van der Waals surface area contributed by atoms with Gasteiger partial charge in [-0.3, -0.25) is 9.59 Å². The number of rotatable bonds is 10. The predicted octanol–water partition coefficient (Wildman–Crippen LogP) is 2.63. The van der Waals surface area contributed by atoms with E-state index in [-0.39, 0.29) is 5.97 Å². The van der Waals surface area contributed by atoms with Crippen LogP contribution in [0, 0.1) is 0 Å². The Morgan fingerprint density at radius 3 is 2.45 bits per heavy atom. The summed E-state index contributed by atoms with van der Waals surface area (Å²) in [6.07, 6.45) is 2.40. The Kier molecular flexibility index (Phi) is 7.81. The molecule has 0 aliphatic carbocycles. The minimum absolute atomic E-state index is 0.206. The van der Waals surface area contributed by atoms with Gasteiger partial charge in [-0.15, -0.1) is 0 Å². The van der Waals surface area contributed by atoms with Crippen LogP contribution < -0.4 is 14.2 Å². The molecule has 0 aliphatic heterocycles. The lowest BCUT2D eigenvalue weighted by molar-refractivity contribution is -0.143. The van der Waals surface area contributed by atoms with Crippen molar-refractivity contribution in [2.45, 2.75) is 26.2 Å². The third kappa shape index (κ3) is 4.95. The maximum Gasteiger partial charge on any atom is 0.305 e. The second-order valence-corrected chi connectivity index (χ2v) is 4.44. The maximum absolute atomic E-state index is 11.2. The van der Waals surface area contributed by atoms with Crippen LogP contribution in [0.4, 0.5) is 0 Å². The molecule has 1 aromatic rings. The number of benzene rings is 1. The first-order valence-electron chi connectivity index (χ1n) is 7.16. The van der Waals surface area contributed by atoms with Crippen molar-refractivity contribution in [2.24, 2.45) is 0 Å². The second-order valence-electron chi connectivity index (χ2n) is 4.44. The van der Waals surface area contributed by atoms with E-state index in [1.165, 1.54) is 14.2 Å². The zero-order valence-corrected chi connectivity index (χ0v) is 13.2. The number of aldehydes is 1. The van der Waals surface area contributed by atoms with Crippen molar-refractivity contribution in [2.75, 3.05) is 27.4 Å². The van der Waals surface area contributed by atoms with E-state index in [9.17, 15) is 9.59 Å². The minimum atomic E-state index is -0.206. The second kappa shape index (κ2) is 9.65. The molecule has 0 heterocycles. The summed E-state index contributed by atoms with van der Waals surface area (Å²) in [6, 6.07) is 3.34. The van der Waals surface area contributed by atoms with Gasteiger partial charge in [0.25, 0.3) is 0 Å². The van der Waals surface area contributed by atoms with E-state index >= 15 is 0 Å². The van der Waals surface area contributed by atoms with E-state index in [4.69, 9.17) is 18.9 Å². The van der Waals surface area contributed by atoms with Crippen LogP contribution in [-0.2, 0) is 9.53 Å². The highest BCUT2D eigenvalue weighted by Crippen LogP contribution is 2.36. The number of hydrogen-bond acceptors (Lipinski definition) is 6. The van der Waals surface area contributed by atoms with E-state index in [1.807, 2.05) is 0 Å². The van der Waals surface area contributed by atoms with Gasteiger partial charge in [-0.25, -0.2) is 0 Å². The fourth-order valence-corrected chi connectivity index (χ4v) is 1.96. The molecule has 0 spiro atoms. The van der Waals surface area contributed by atoms with Crippen LogP contribution in [0.2, 0.25) is 0 Å². The average Bonchev–Trinajstić information content (AvgIpc) is 2.53. The van der Waals surface area contributed by atoms with Crippen molar-refractivity contribution in [3.8, 4) is 17.2 Å². The van der Waals surface area contributed by atoms with Crippen LogP contribution in [0.25, 0.3) is 0 Å². The van der Waals surface area contributed by atoms with Gasteiger partial charge in [-0.1, -0.05) is 0 Å². The van der Waals surface area contributed by atoms with Crippen molar-refractivity contribution in [3.05, 3.63) is 17.7 Å². The van der Waals surface area contributed by atoms with Gasteiger partial charge in [-0.2, -0.15) is 0 Å². The fourth-order valence-electron chi connectivity index (χ4n) is 1.96. The lowest BCUT2D eigenvalue weighted by atomic mass is 10.1. The molecule has 0 fully saturated rings. The van der Waals surface area contributed by atoms with Crippen LogP contribution in [0.5, 0.6) is 17.2 Å². The topological polar surface area (TPSA) is 71.1 Å². The zero-order chi connectivity index (χ0) is 16.4. The summed E-state index contributed by atoms with van der Waals surface area (Å²) in [7, 11) is 2.97. The van der Waals surface area contributed by atoms with Crippen LogP contribution in [0.15, 0.2) is 12.1 Å². The first-order valence-corrected chi connectivity index (χ1v) is 7.16. The first kappa shape index (κ1) is 17.8. The summed E-state index contributed by atoms with van der Waals surface area (Å²) in [5.41, 5.74) is 0.312. The third-order valence-corrected chi connectivity index (χ3v) is 3.00. The van der Waals surface area contributed by atoms with Crippen molar-refractivity contribution < 1.29 is 28.5 Å². The van der Waals surface area contributed by atoms with Gasteiger partial charge >= 0.3 is 5.97 Å². The average molecular weight is 310 g/mol. The van der Waals surface area contributed by atoms with Gasteiger partial charge in [0.1, 0.15) is 11.3 Å². The summed E-state index contributed by atoms with van der Waals surface area (Å²) in [4.78, 5) is 22.4. The molecule has 0 aliphatic rings. The molecule has 0 aromatic heterocycles. The Balaban J connectivity index is 2.56. The molecular formula is C16H22O6. The molecule has 0 bridgehead atoms. The third-order valence-electron chi connectivity index (χ3n) is 3.00. The van der Waals surface area contributed by atoms with Gasteiger partial charge in [0, 0.05) is 6.42 Å². The lowest BCUT2D eigenvalue weighted by Gasteiger charge is -2.14. The van der Waals surface area contributed by atoms with Crippen molar-refractivity contribution in [1.29, 1.82) is 0 Å². The molecule has 0 saturated heterocycles. The number of carbonyl (C=O) groups excluding carboxylic acids is 2. The molecule has 0 unspecified atom stereocenters. The summed E-state index contributed by atoms with van der Waals surface area (Å²) in [5, 5.41) is 0. The molecular weight excluding hydrogens is 288 g/mol. The number of hydrogen-bond donors (Lipinski definition) is 0. The van der Waals surface area contributed by atoms with Crippen molar-refractivity contribution >= 4 is 12.3 Å². The highest BCUT2D eigenvalue weighted by atomic mass is 16.5. The van der Waals surface area contributed by atoms with E-state index < -0.39 is 0 Å². The van der Waals surface area contributed by atoms with Gasteiger partial charge < -0.3 is 18.9 Å². The highest BCUT2D eigenvalue weighted by Gasteiger charge is 2.15. The Labute approximate surface area is 130 Å². The Bertz CT molecular complexity index is 498. The molecule has 22 heavy (non-hydrogen) atoms. The molecule has 0 amide bonds. The number of methoxy groups -OCH3 is 2. The monoisotopic (exact) mass is 310 g/mol. The van der Waals surface area contributed by atoms with Crippen LogP contribution in [-0.4, -0.2) is 39.7 Å². The standard InChI is InChI=1S/C16H22O6/c1-4-21-15(18)7-5-6-10-22-13-8-9-14(19-2)16(20-3)12(13)11-17/h8-9,11H,4-7,10H2,1-3H3. The number of ether oxygens (including phenoxy) is 4. The molecule has 1 aromatic carbocycles. The SMILES string of the molecule is CCOC(=O)CCCCOc1ccc(OC)c(OC)c1C=O. The Morgan fingerprint density at radius 1 is 1.14 bits per heavy atom. The van der Waals surface area contributed by atoms with Gasteiger partial charge in [0.15, 0.2) is 17.8 Å². The molecule has 122 valence electrons. The number of unbranched alkanes of at least 4 members (excludes halogenated alkanes) is 1. The van der Waals surface area contributed by atoms with Crippen LogP contribution in [0.1, 0.15) is 36.5 Å². The van der Waals surface area contributed by atoms with E-state index in [0.29, 0.717) is 61.6 Å². The maximum atomic E-state index is 11.2. The summed E-state index contributed by atoms with van der Waals surface area (Å²) < 4.78 is 20.8. The minimum Gasteiger partial charge on any atom is -0.493 e. The summed E-state index contributed by atoms with van der Waals surface area (Å²) >= 11 is 0. The highest BCUT2D eigenvalue weighted by molar-refractivity contribution is 5.85. The van der Waals surface area contributed by atoms with Crippen molar-refractivity contribution in [3.63, 3.8) is 0 Å². The number of carbonyl (C=O) groups is 2. The molecule has 0 radical (unpaired) electrons. The quantitative estimate of drug-likeness (QED) is 0.376. The van der Waals surface area contributed by atoms with E-state index in [0.717, 1.165) is 0 Å². The Hall–Kier alpha value is -2.24. The van der Waals surface area contributed by atoms with E-state index in [2.05, 4.69) is 0 Å².